The van der Waals surface area contributed by atoms with E-state index in [2.05, 4.69) is 25.7 Å². The van der Waals surface area contributed by atoms with Crippen LogP contribution in [0.25, 0.3) is 11.5 Å². The second-order valence-corrected chi connectivity index (χ2v) is 7.35. The minimum Gasteiger partial charge on any atom is -0.497 e. The van der Waals surface area contributed by atoms with Gasteiger partial charge in [0, 0.05) is 5.56 Å². The van der Waals surface area contributed by atoms with Crippen LogP contribution in [0.15, 0.2) is 64.2 Å². The van der Waals surface area contributed by atoms with Crippen LogP contribution in [0, 0.1) is 0 Å². The first-order valence-corrected chi connectivity index (χ1v) is 9.55. The summed E-state index contributed by atoms with van der Waals surface area (Å²) in [4.78, 5) is 0. The third-order valence-electron chi connectivity index (χ3n) is 4.08. The molecule has 142 valence electrons. The molecule has 0 spiro atoms. The largest absolute Gasteiger partial charge is 0.497 e. The fourth-order valence-electron chi connectivity index (χ4n) is 2.59. The van der Waals surface area contributed by atoms with E-state index in [4.69, 9.17) is 9.15 Å². The summed E-state index contributed by atoms with van der Waals surface area (Å²) in [7, 11) is 1.63. The van der Waals surface area contributed by atoms with Crippen LogP contribution in [-0.4, -0.2) is 37.5 Å². The summed E-state index contributed by atoms with van der Waals surface area (Å²) >= 11 is 1.47. The number of hydrogen-bond donors (Lipinski definition) is 0. The summed E-state index contributed by atoms with van der Waals surface area (Å²) in [5.74, 6) is 1.76. The molecule has 1 unspecified atom stereocenters. The van der Waals surface area contributed by atoms with Crippen molar-refractivity contribution in [1.29, 1.82) is 0 Å². The number of hydrogen-bond acceptors (Lipinski definition) is 8. The quantitative estimate of drug-likeness (QED) is 0.439. The van der Waals surface area contributed by atoms with E-state index in [1.165, 1.54) is 11.8 Å². The van der Waals surface area contributed by atoms with Gasteiger partial charge in [0.25, 0.3) is 0 Å². The zero-order valence-electron chi connectivity index (χ0n) is 15.4. The van der Waals surface area contributed by atoms with Crippen molar-refractivity contribution >= 4 is 11.8 Å². The summed E-state index contributed by atoms with van der Waals surface area (Å²) in [6.45, 7) is 2.58. The number of aromatic nitrogens is 6. The minimum absolute atomic E-state index is 0.0972. The molecule has 4 rings (SSSR count). The van der Waals surface area contributed by atoms with Crippen molar-refractivity contribution in [3.8, 4) is 17.2 Å². The monoisotopic (exact) mass is 394 g/mol. The molecular weight excluding hydrogens is 376 g/mol. The van der Waals surface area contributed by atoms with E-state index in [0.29, 0.717) is 23.5 Å². The van der Waals surface area contributed by atoms with Gasteiger partial charge >= 0.3 is 0 Å². The third-order valence-corrected chi connectivity index (χ3v) is 5.14. The van der Waals surface area contributed by atoms with E-state index in [0.717, 1.165) is 16.9 Å². The maximum atomic E-state index is 5.85. The Morgan fingerprint density at radius 1 is 1.04 bits per heavy atom. The van der Waals surface area contributed by atoms with Crippen LogP contribution >= 0.6 is 11.8 Å². The molecule has 0 radical (unpaired) electrons. The first kappa shape index (κ1) is 18.2. The number of benzene rings is 2. The van der Waals surface area contributed by atoms with Crippen molar-refractivity contribution in [3.63, 3.8) is 0 Å². The van der Waals surface area contributed by atoms with Crippen molar-refractivity contribution in [2.45, 2.75) is 23.9 Å². The Morgan fingerprint density at radius 2 is 1.82 bits per heavy atom. The highest BCUT2D eigenvalue weighted by Crippen LogP contribution is 2.34. The summed E-state index contributed by atoms with van der Waals surface area (Å²) in [6, 6.07) is 17.5. The number of rotatable bonds is 7. The zero-order valence-corrected chi connectivity index (χ0v) is 16.2. The molecule has 0 saturated carbocycles. The van der Waals surface area contributed by atoms with E-state index in [1.807, 2.05) is 61.5 Å². The highest BCUT2D eigenvalue weighted by atomic mass is 32.2. The molecule has 4 aromatic rings. The maximum absolute atomic E-state index is 5.85. The lowest BCUT2D eigenvalue weighted by atomic mass is 10.2. The van der Waals surface area contributed by atoms with Crippen molar-refractivity contribution < 1.29 is 9.15 Å². The van der Waals surface area contributed by atoms with Gasteiger partial charge in [-0.15, -0.1) is 15.3 Å². The zero-order chi connectivity index (χ0) is 19.3. The van der Waals surface area contributed by atoms with Gasteiger partial charge in [-0.2, -0.15) is 0 Å². The predicted molar refractivity (Wildman–Crippen MR) is 104 cm³/mol. The first-order valence-electron chi connectivity index (χ1n) is 8.67. The number of nitrogens with zero attached hydrogens (tertiary/aromatic N) is 6. The lowest BCUT2D eigenvalue weighted by Crippen LogP contribution is -2.04. The van der Waals surface area contributed by atoms with Crippen LogP contribution in [0.3, 0.4) is 0 Å². The van der Waals surface area contributed by atoms with Crippen molar-refractivity contribution in [1.82, 2.24) is 30.4 Å². The Labute approximate surface area is 165 Å². The molecule has 8 nitrogen and oxygen atoms in total. The van der Waals surface area contributed by atoms with Gasteiger partial charge in [0.15, 0.2) is 0 Å². The average Bonchev–Trinajstić information content (AvgIpc) is 3.39. The molecule has 2 aromatic carbocycles. The standard InChI is InChI=1S/C19H18N6O2S/c1-13(17-20-21-18(27-17)15-8-10-16(26-2)11-9-15)28-19-22-23-24-25(19)12-14-6-4-3-5-7-14/h3-11,13H,12H2,1-2H3. The molecule has 0 amide bonds. The molecule has 1 atom stereocenters. The van der Waals surface area contributed by atoms with Gasteiger partial charge in [-0.25, -0.2) is 4.68 Å². The summed E-state index contributed by atoms with van der Waals surface area (Å²) in [5.41, 5.74) is 1.97. The van der Waals surface area contributed by atoms with Gasteiger partial charge in [0.1, 0.15) is 5.75 Å². The third kappa shape index (κ3) is 4.04. The van der Waals surface area contributed by atoms with Crippen molar-refractivity contribution in [2.24, 2.45) is 0 Å². The lowest BCUT2D eigenvalue weighted by Gasteiger charge is -2.07. The molecule has 0 aliphatic rings. The van der Waals surface area contributed by atoms with E-state index >= 15 is 0 Å². The highest BCUT2D eigenvalue weighted by Gasteiger charge is 2.19. The number of methoxy groups -OCH3 is 1. The van der Waals surface area contributed by atoms with Gasteiger partial charge in [0.2, 0.25) is 16.9 Å². The SMILES string of the molecule is COc1ccc(-c2nnc(C(C)Sc3nnnn3Cc3ccccc3)o2)cc1. The minimum atomic E-state index is -0.0972. The molecule has 28 heavy (non-hydrogen) atoms. The highest BCUT2D eigenvalue weighted by molar-refractivity contribution is 7.99. The number of ether oxygens (including phenoxy) is 1. The summed E-state index contributed by atoms with van der Waals surface area (Å²) in [5, 5.41) is 20.9. The fraction of sp³-hybridized carbons (Fsp3) is 0.211. The molecular formula is C19H18N6O2S. The summed E-state index contributed by atoms with van der Waals surface area (Å²) in [6.07, 6.45) is 0. The number of thioether (sulfide) groups is 1. The second kappa shape index (κ2) is 8.22. The normalized spacial score (nSPS) is 12.1. The Hall–Kier alpha value is -3.20. The van der Waals surface area contributed by atoms with Gasteiger partial charge in [-0.1, -0.05) is 42.1 Å². The Bertz CT molecular complexity index is 1030. The van der Waals surface area contributed by atoms with E-state index in [-0.39, 0.29) is 5.25 Å². The maximum Gasteiger partial charge on any atom is 0.247 e. The van der Waals surface area contributed by atoms with Gasteiger partial charge in [0.05, 0.1) is 18.9 Å². The van der Waals surface area contributed by atoms with Crippen LogP contribution in [-0.2, 0) is 6.54 Å². The molecule has 2 heterocycles. The van der Waals surface area contributed by atoms with Crippen LogP contribution in [0.1, 0.15) is 23.6 Å². The van der Waals surface area contributed by atoms with Crippen LogP contribution in [0.4, 0.5) is 0 Å². The van der Waals surface area contributed by atoms with Crippen molar-refractivity contribution in [3.05, 3.63) is 66.1 Å². The first-order chi connectivity index (χ1) is 13.7. The number of tetrazole rings is 1. The van der Waals surface area contributed by atoms with E-state index in [1.54, 1.807) is 11.8 Å². The lowest BCUT2D eigenvalue weighted by molar-refractivity contribution is 0.415. The smallest absolute Gasteiger partial charge is 0.247 e. The van der Waals surface area contributed by atoms with Crippen LogP contribution < -0.4 is 4.74 Å². The predicted octanol–water partition coefficient (Wildman–Crippen LogP) is 3.63. The van der Waals surface area contributed by atoms with E-state index < -0.39 is 0 Å². The van der Waals surface area contributed by atoms with Gasteiger partial charge in [-0.3, -0.25) is 0 Å². The van der Waals surface area contributed by atoms with Crippen LogP contribution in [0.5, 0.6) is 5.75 Å². The molecule has 0 saturated heterocycles. The van der Waals surface area contributed by atoms with Gasteiger partial charge < -0.3 is 9.15 Å². The van der Waals surface area contributed by atoms with Gasteiger partial charge in [-0.05, 0) is 47.2 Å². The summed E-state index contributed by atoms with van der Waals surface area (Å²) < 4.78 is 12.8. The molecule has 0 fully saturated rings. The topological polar surface area (TPSA) is 91.8 Å². The molecule has 0 N–H and O–H groups in total. The van der Waals surface area contributed by atoms with E-state index in [9.17, 15) is 0 Å². The second-order valence-electron chi connectivity index (χ2n) is 6.04. The molecule has 0 bridgehead atoms. The molecule has 0 aliphatic carbocycles. The Balaban J connectivity index is 1.47. The molecule has 2 aromatic heterocycles. The van der Waals surface area contributed by atoms with Crippen molar-refractivity contribution in [2.75, 3.05) is 7.11 Å². The van der Waals surface area contributed by atoms with Crippen LogP contribution in [0.2, 0.25) is 0 Å². The molecule has 0 aliphatic heterocycles. The molecule has 9 heteroatoms. The fourth-order valence-corrected chi connectivity index (χ4v) is 3.41. The Morgan fingerprint density at radius 3 is 2.57 bits per heavy atom. The average molecular weight is 394 g/mol. The Kier molecular flexibility index (Phi) is 5.34.